The Hall–Kier alpha value is 0.760. The summed E-state index contributed by atoms with van der Waals surface area (Å²) < 4.78 is 40.4. The summed E-state index contributed by atoms with van der Waals surface area (Å²) in [6.07, 6.45) is 0. The Morgan fingerprint density at radius 2 is 1.14 bits per heavy atom. The molecule has 5 nitrogen and oxygen atoms in total. The van der Waals surface area contributed by atoms with Crippen molar-refractivity contribution in [2.24, 2.45) is 0 Å². The Morgan fingerprint density at radius 3 is 1.14 bits per heavy atom. The molecule has 0 heterocycles. The van der Waals surface area contributed by atoms with Gasteiger partial charge in [-0.2, -0.15) is 0 Å². The van der Waals surface area contributed by atoms with Crippen LogP contribution in [0.4, 0.5) is 0 Å². The van der Waals surface area contributed by atoms with Gasteiger partial charge in [0.1, 0.15) is 0 Å². The highest BCUT2D eigenvalue weighted by Crippen LogP contribution is 1.77. The second-order valence-corrected chi connectivity index (χ2v) is 3.54. The van der Waals surface area contributed by atoms with Crippen LogP contribution in [0.2, 0.25) is 0 Å². The predicted molar refractivity (Wildman–Crippen MR) is 1.08 cm³/mol. The first kappa shape index (κ1) is 7.76. The highest BCUT2D eigenvalue weighted by molar-refractivity contribution is 2.38. The van der Waals surface area contributed by atoms with Crippen molar-refractivity contribution < 1.29 is 49.3 Å². The molecular weight excluding hydrogens is 240 g/mol. The van der Waals surface area contributed by atoms with E-state index in [1.54, 1.807) is 0 Å². The molecule has 0 saturated carbocycles. The van der Waals surface area contributed by atoms with Crippen molar-refractivity contribution in [1.29, 1.82) is 0 Å². The van der Waals surface area contributed by atoms with E-state index in [2.05, 4.69) is 2.92 Å². The van der Waals surface area contributed by atoms with E-state index in [9.17, 15) is 16.8 Å². The quantitative estimate of drug-likeness (QED) is 0.481. The fourth-order valence-corrected chi connectivity index (χ4v) is 1.05. The van der Waals surface area contributed by atoms with Crippen LogP contribution in [0.5, 0.6) is 0 Å². The lowest BCUT2D eigenvalue weighted by molar-refractivity contribution is -1.80. The average molecular weight is 240 g/mol. The number of hydrogen-bond donors (Lipinski definition) is 0. The van der Waals surface area contributed by atoms with Crippen LogP contribution in [0.3, 0.4) is 0 Å². The monoisotopic (exact) mass is 238 g/mol. The number of hydrogen-bond acceptors (Lipinski definition) is 5. The molecule has 0 bridgehead atoms. The maximum atomic E-state index is 9.29. The van der Waals surface area contributed by atoms with Crippen molar-refractivity contribution >= 4 is 0 Å². The molecule has 0 rings (SSSR count). The smallest absolute Gasteiger partial charge is 0.364 e. The largest absolute Gasteiger partial charge is 0.556 e. The summed E-state index contributed by atoms with van der Waals surface area (Å²) in [4.78, 5) is 0. The molecule has 0 fully saturated rings. The molecule has 0 aromatic carbocycles. The van der Waals surface area contributed by atoms with E-state index in [4.69, 9.17) is 0 Å². The maximum absolute atomic E-state index is 9.29. The van der Waals surface area contributed by atoms with Gasteiger partial charge in [-0.1, -0.05) is 0 Å². The van der Waals surface area contributed by atoms with E-state index in [1.165, 1.54) is 0 Å². The van der Waals surface area contributed by atoms with Gasteiger partial charge in [-0.25, -0.2) is 0 Å². The Bertz CT molecular complexity index is 35.3. The Morgan fingerprint density at radius 1 is 0.857 bits per heavy atom. The summed E-state index contributed by atoms with van der Waals surface area (Å²) in [5, 5.41) is 0. The number of halogens is 2. The lowest BCUT2D eigenvalue weighted by Crippen LogP contribution is -2.44. The molecular formula is Br2O5. The molecule has 0 aliphatic rings. The van der Waals surface area contributed by atoms with Crippen LogP contribution >= 0.6 is 0 Å². The molecule has 0 radical (unpaired) electrons. The fourth-order valence-electron chi connectivity index (χ4n) is 0.0389. The van der Waals surface area contributed by atoms with Gasteiger partial charge in [-0.05, 0) is 0 Å². The van der Waals surface area contributed by atoms with Crippen LogP contribution in [-0.4, -0.2) is 0 Å². The molecule has 0 aromatic heterocycles. The second kappa shape index (κ2) is 3.72. The van der Waals surface area contributed by atoms with Crippen LogP contribution in [0, 0.1) is 29.6 Å². The zero-order valence-electron chi connectivity index (χ0n) is 2.80. The zero-order valence-corrected chi connectivity index (χ0v) is 5.97. The molecule has 0 unspecified atom stereocenters. The predicted octanol–water partition coefficient (Wildman–Crippen LogP) is -4.82. The topological polar surface area (TPSA) is 101 Å². The molecule has 0 spiro atoms. The van der Waals surface area contributed by atoms with Gasteiger partial charge in [-0.15, -0.1) is 0 Å². The van der Waals surface area contributed by atoms with Crippen LogP contribution in [0.1, 0.15) is 0 Å². The van der Waals surface area contributed by atoms with Gasteiger partial charge in [0.15, 0.2) is 0 Å². The Labute approximate surface area is 49.8 Å². The minimum atomic E-state index is -3.53. The van der Waals surface area contributed by atoms with Crippen molar-refractivity contribution in [1.82, 2.24) is 0 Å². The van der Waals surface area contributed by atoms with Gasteiger partial charge in [0, 0.05) is 0 Å². The molecule has 0 aliphatic heterocycles. The summed E-state index contributed by atoms with van der Waals surface area (Å²) in [5.74, 6) is 0. The lowest BCUT2D eigenvalue weighted by Gasteiger charge is -1.79. The van der Waals surface area contributed by atoms with Gasteiger partial charge < -0.3 is 16.8 Å². The van der Waals surface area contributed by atoms with E-state index < -0.39 is 29.6 Å². The Kier molecular flexibility index (Phi) is 4.13. The van der Waals surface area contributed by atoms with Crippen LogP contribution in [0.15, 0.2) is 0 Å². The molecule has 0 aliphatic carbocycles. The zero-order chi connectivity index (χ0) is 5.86. The van der Waals surface area contributed by atoms with Crippen LogP contribution in [0.25, 0.3) is 0 Å². The van der Waals surface area contributed by atoms with E-state index >= 15 is 0 Å². The highest BCUT2D eigenvalue weighted by atomic mass is 80.0. The molecule has 0 aromatic rings. The first-order valence-corrected chi connectivity index (χ1v) is 4.81. The normalized spacial score (nSPS) is 11.1. The van der Waals surface area contributed by atoms with Crippen molar-refractivity contribution in [3.05, 3.63) is 0 Å². The van der Waals surface area contributed by atoms with Gasteiger partial charge in [-0.3, -0.25) is 0 Å². The fraction of sp³-hybridized carbons (Fsp3) is 0. The summed E-state index contributed by atoms with van der Waals surface area (Å²) in [7, 11) is 0. The SMILES string of the molecule is [O-][Br+2]([O-])O[Br+2]([O-])[O-]. The third kappa shape index (κ3) is 6.76. The molecule has 0 N–H and O–H groups in total. The van der Waals surface area contributed by atoms with E-state index in [-0.39, 0.29) is 0 Å². The minimum Gasteiger partial charge on any atom is -0.364 e. The van der Waals surface area contributed by atoms with Crippen LogP contribution in [-0.2, 0) is 2.92 Å². The second-order valence-electron chi connectivity index (χ2n) is 0.436. The van der Waals surface area contributed by atoms with Crippen molar-refractivity contribution in [3.8, 4) is 0 Å². The van der Waals surface area contributed by atoms with E-state index in [0.717, 1.165) is 0 Å². The third-order valence-electron chi connectivity index (χ3n) is 0.0952. The standard InChI is InChI=1S/Br2O5/c3-1(4)7-2(5)6. The summed E-state index contributed by atoms with van der Waals surface area (Å²) in [5.41, 5.74) is 0. The molecule has 0 atom stereocenters. The third-order valence-corrected chi connectivity index (χ3v) is 2.57. The minimum absolute atomic E-state index is 3.24. The van der Waals surface area contributed by atoms with Crippen molar-refractivity contribution in [2.75, 3.05) is 0 Å². The van der Waals surface area contributed by atoms with Crippen LogP contribution < -0.4 is 16.8 Å². The van der Waals surface area contributed by atoms with Crippen molar-refractivity contribution in [2.45, 2.75) is 0 Å². The number of rotatable bonds is 2. The molecule has 0 amide bonds. The van der Waals surface area contributed by atoms with Gasteiger partial charge in [0.25, 0.3) is 0 Å². The molecule has 7 heavy (non-hydrogen) atoms. The van der Waals surface area contributed by atoms with Gasteiger partial charge in [0.2, 0.25) is 0 Å². The lowest BCUT2D eigenvalue weighted by atomic mass is 15.9. The van der Waals surface area contributed by atoms with Gasteiger partial charge in [0.05, 0.1) is 0 Å². The molecule has 0 saturated heterocycles. The van der Waals surface area contributed by atoms with Crippen molar-refractivity contribution in [3.63, 3.8) is 0 Å². The van der Waals surface area contributed by atoms with E-state index in [0.29, 0.717) is 0 Å². The van der Waals surface area contributed by atoms with Gasteiger partial charge >= 0.3 is 32.5 Å². The summed E-state index contributed by atoms with van der Waals surface area (Å²) in [6, 6.07) is 0. The first-order valence-electron chi connectivity index (χ1n) is 0.926. The molecule has 7 heteroatoms. The first-order chi connectivity index (χ1) is 3.13. The summed E-state index contributed by atoms with van der Waals surface area (Å²) >= 11 is -7.06. The maximum Gasteiger partial charge on any atom is 0.556 e. The molecule has 44 valence electrons. The Balaban J connectivity index is 2.95. The average Bonchev–Trinajstić information content (AvgIpc) is 1.27. The summed E-state index contributed by atoms with van der Waals surface area (Å²) in [6.45, 7) is 0. The highest BCUT2D eigenvalue weighted by Gasteiger charge is 2.32. The van der Waals surface area contributed by atoms with E-state index in [1.807, 2.05) is 0 Å².